The summed E-state index contributed by atoms with van der Waals surface area (Å²) < 4.78 is 5.73. The van der Waals surface area contributed by atoms with E-state index in [0.717, 1.165) is 24.4 Å². The highest BCUT2D eigenvalue weighted by Gasteiger charge is 2.25. The summed E-state index contributed by atoms with van der Waals surface area (Å²) in [7, 11) is 0. The van der Waals surface area contributed by atoms with E-state index in [-0.39, 0.29) is 6.10 Å². The number of halogens is 1. The number of fused-ring (bicyclic) bond motifs is 1. The molecule has 0 N–H and O–H groups in total. The fourth-order valence-corrected chi connectivity index (χ4v) is 2.89. The Morgan fingerprint density at radius 2 is 2.15 bits per heavy atom. The fraction of sp³-hybridized carbons (Fsp3) is 0.438. The zero-order valence-electron chi connectivity index (χ0n) is 11.8. The van der Waals surface area contributed by atoms with Gasteiger partial charge in [0.25, 0.3) is 0 Å². The highest BCUT2D eigenvalue weighted by molar-refractivity contribution is 6.17. The van der Waals surface area contributed by atoms with Crippen LogP contribution in [0, 0.1) is 0 Å². The molecule has 0 saturated carbocycles. The second-order valence-corrected chi connectivity index (χ2v) is 5.70. The molecule has 2 aromatic rings. The molecule has 1 aliphatic heterocycles. The zero-order valence-corrected chi connectivity index (χ0v) is 12.6. The Kier molecular flexibility index (Phi) is 3.81. The molecule has 4 heteroatoms. The van der Waals surface area contributed by atoms with Gasteiger partial charge in [0.2, 0.25) is 0 Å². The van der Waals surface area contributed by atoms with Gasteiger partial charge in [-0.3, -0.25) is 4.98 Å². The summed E-state index contributed by atoms with van der Waals surface area (Å²) in [5.74, 6) is 0.437. The van der Waals surface area contributed by atoms with E-state index in [9.17, 15) is 0 Å². The van der Waals surface area contributed by atoms with Gasteiger partial charge in [-0.05, 0) is 26.0 Å². The normalized spacial score (nSPS) is 23.2. The average Bonchev–Trinajstić information content (AvgIpc) is 2.48. The molecule has 1 aliphatic rings. The Morgan fingerprint density at radius 3 is 2.95 bits per heavy atom. The molecule has 2 heterocycles. The molecule has 2 unspecified atom stereocenters. The van der Waals surface area contributed by atoms with E-state index in [0.29, 0.717) is 11.9 Å². The van der Waals surface area contributed by atoms with E-state index in [1.807, 2.05) is 12.1 Å². The number of alkyl halides is 1. The number of morpholine rings is 1. The first kappa shape index (κ1) is 13.7. The van der Waals surface area contributed by atoms with Gasteiger partial charge in [-0.2, -0.15) is 0 Å². The van der Waals surface area contributed by atoms with Gasteiger partial charge >= 0.3 is 0 Å². The minimum Gasteiger partial charge on any atom is -0.375 e. The number of rotatable bonds is 2. The number of anilines is 1. The summed E-state index contributed by atoms with van der Waals surface area (Å²) >= 11 is 6.00. The molecule has 3 rings (SSSR count). The molecule has 0 spiro atoms. The molecule has 106 valence electrons. The van der Waals surface area contributed by atoms with Gasteiger partial charge in [0.05, 0.1) is 29.8 Å². The summed E-state index contributed by atoms with van der Waals surface area (Å²) in [6.45, 7) is 5.97. The second-order valence-electron chi connectivity index (χ2n) is 5.43. The third-order valence-electron chi connectivity index (χ3n) is 3.80. The Labute approximate surface area is 124 Å². The van der Waals surface area contributed by atoms with Crippen molar-refractivity contribution in [2.75, 3.05) is 18.1 Å². The van der Waals surface area contributed by atoms with Crippen LogP contribution in [0.25, 0.3) is 10.9 Å². The topological polar surface area (TPSA) is 25.4 Å². The van der Waals surface area contributed by atoms with Crippen molar-refractivity contribution in [3.05, 3.63) is 36.0 Å². The van der Waals surface area contributed by atoms with Gasteiger partial charge < -0.3 is 9.64 Å². The predicted molar refractivity (Wildman–Crippen MR) is 83.5 cm³/mol. The van der Waals surface area contributed by atoms with Crippen molar-refractivity contribution in [1.82, 2.24) is 4.98 Å². The van der Waals surface area contributed by atoms with Crippen molar-refractivity contribution in [2.24, 2.45) is 0 Å². The predicted octanol–water partition coefficient (Wildman–Crippen LogP) is 3.59. The molecular formula is C16H19ClN2O. The van der Waals surface area contributed by atoms with E-state index in [4.69, 9.17) is 16.3 Å². The summed E-state index contributed by atoms with van der Waals surface area (Å²) in [5, 5.41) is 1.18. The highest BCUT2D eigenvalue weighted by Crippen LogP contribution is 2.30. The molecular weight excluding hydrogens is 272 g/mol. The SMILES string of the molecule is CC1CN(c2cc(CCl)nc3ccccc23)C(C)CO1. The number of benzene rings is 1. The lowest BCUT2D eigenvalue weighted by molar-refractivity contribution is 0.0345. The van der Waals surface area contributed by atoms with Crippen molar-refractivity contribution < 1.29 is 4.74 Å². The molecule has 1 aromatic heterocycles. The van der Waals surface area contributed by atoms with Crippen LogP contribution >= 0.6 is 11.6 Å². The van der Waals surface area contributed by atoms with Gasteiger partial charge in [-0.25, -0.2) is 0 Å². The number of hydrogen-bond donors (Lipinski definition) is 0. The largest absolute Gasteiger partial charge is 0.375 e. The van der Waals surface area contributed by atoms with Crippen molar-refractivity contribution in [3.63, 3.8) is 0 Å². The van der Waals surface area contributed by atoms with Gasteiger partial charge in [0, 0.05) is 23.7 Å². The lowest BCUT2D eigenvalue weighted by Crippen LogP contribution is -2.47. The monoisotopic (exact) mass is 290 g/mol. The third kappa shape index (κ3) is 2.48. The lowest BCUT2D eigenvalue weighted by atomic mass is 10.1. The number of hydrogen-bond acceptors (Lipinski definition) is 3. The standard InChI is InChI=1S/C16H19ClN2O/c1-11-10-20-12(2)9-19(11)16-7-13(8-17)18-15-6-4-3-5-14(15)16/h3-7,11-12H,8-10H2,1-2H3. The van der Waals surface area contributed by atoms with E-state index >= 15 is 0 Å². The van der Waals surface area contributed by atoms with E-state index < -0.39 is 0 Å². The minimum atomic E-state index is 0.248. The van der Waals surface area contributed by atoms with Crippen LogP contribution in [0.4, 0.5) is 5.69 Å². The molecule has 20 heavy (non-hydrogen) atoms. The van der Waals surface area contributed by atoms with Crippen LogP contribution < -0.4 is 4.90 Å². The molecule has 0 amide bonds. The van der Waals surface area contributed by atoms with Crippen LogP contribution in [0.5, 0.6) is 0 Å². The summed E-state index contributed by atoms with van der Waals surface area (Å²) in [6, 6.07) is 10.7. The molecule has 0 bridgehead atoms. The van der Waals surface area contributed by atoms with Crippen molar-refractivity contribution in [2.45, 2.75) is 31.9 Å². The minimum absolute atomic E-state index is 0.248. The van der Waals surface area contributed by atoms with Crippen LogP contribution in [0.15, 0.2) is 30.3 Å². The average molecular weight is 291 g/mol. The first-order chi connectivity index (χ1) is 9.69. The Hall–Kier alpha value is -1.32. The van der Waals surface area contributed by atoms with Crippen LogP contribution in [-0.4, -0.2) is 30.3 Å². The van der Waals surface area contributed by atoms with Crippen molar-refractivity contribution in [3.8, 4) is 0 Å². The van der Waals surface area contributed by atoms with Crippen molar-refractivity contribution >= 4 is 28.2 Å². The third-order valence-corrected chi connectivity index (χ3v) is 4.08. The molecule has 3 nitrogen and oxygen atoms in total. The summed E-state index contributed by atoms with van der Waals surface area (Å²) in [5.41, 5.74) is 3.15. The number of nitrogens with zero attached hydrogens (tertiary/aromatic N) is 2. The summed E-state index contributed by atoms with van der Waals surface area (Å²) in [4.78, 5) is 7.01. The van der Waals surface area contributed by atoms with Crippen LogP contribution in [0.1, 0.15) is 19.5 Å². The molecule has 1 saturated heterocycles. The van der Waals surface area contributed by atoms with Gasteiger partial charge in [0.1, 0.15) is 0 Å². The smallest absolute Gasteiger partial charge is 0.0726 e. The highest BCUT2D eigenvalue weighted by atomic mass is 35.5. The Bertz CT molecular complexity index is 616. The van der Waals surface area contributed by atoms with E-state index in [2.05, 4.69) is 41.9 Å². The molecule has 2 atom stereocenters. The first-order valence-electron chi connectivity index (χ1n) is 7.02. The van der Waals surface area contributed by atoms with E-state index in [1.165, 1.54) is 11.1 Å². The van der Waals surface area contributed by atoms with Crippen molar-refractivity contribution in [1.29, 1.82) is 0 Å². The number of para-hydroxylation sites is 1. The fourth-order valence-electron chi connectivity index (χ4n) is 2.76. The number of pyridine rings is 1. The van der Waals surface area contributed by atoms with Crippen LogP contribution in [0.2, 0.25) is 0 Å². The van der Waals surface area contributed by atoms with Crippen LogP contribution in [-0.2, 0) is 10.6 Å². The zero-order chi connectivity index (χ0) is 14.1. The van der Waals surface area contributed by atoms with Gasteiger partial charge in [-0.15, -0.1) is 11.6 Å². The maximum absolute atomic E-state index is 6.00. The van der Waals surface area contributed by atoms with Gasteiger partial charge in [-0.1, -0.05) is 18.2 Å². The maximum atomic E-state index is 6.00. The van der Waals surface area contributed by atoms with E-state index in [1.54, 1.807) is 0 Å². The summed E-state index contributed by atoms with van der Waals surface area (Å²) in [6.07, 6.45) is 0.248. The maximum Gasteiger partial charge on any atom is 0.0726 e. The molecule has 0 radical (unpaired) electrons. The number of ether oxygens (including phenoxy) is 1. The van der Waals surface area contributed by atoms with Crippen LogP contribution in [0.3, 0.4) is 0 Å². The Morgan fingerprint density at radius 1 is 1.35 bits per heavy atom. The Balaban J connectivity index is 2.13. The molecule has 0 aliphatic carbocycles. The molecule has 1 aromatic carbocycles. The van der Waals surface area contributed by atoms with Gasteiger partial charge in [0.15, 0.2) is 0 Å². The first-order valence-corrected chi connectivity index (χ1v) is 7.55. The molecule has 1 fully saturated rings. The quantitative estimate of drug-likeness (QED) is 0.791. The lowest BCUT2D eigenvalue weighted by Gasteiger charge is -2.39. The second kappa shape index (κ2) is 5.58. The number of aromatic nitrogens is 1.